The van der Waals surface area contributed by atoms with Gasteiger partial charge in [-0.05, 0) is 25.8 Å². The zero-order valence-corrected chi connectivity index (χ0v) is 16.0. The van der Waals surface area contributed by atoms with Crippen LogP contribution in [-0.2, 0) is 13.0 Å². The molecule has 0 unspecified atom stereocenters. The Morgan fingerprint density at radius 3 is 2.89 bits per heavy atom. The SMILES string of the molecule is COc1cccc(CN2[C@@H]3CC[C@H]2c2cnc4cc(C)nn4c2C3)c1OC. The predicted octanol–water partition coefficient (Wildman–Crippen LogP) is 3.32. The lowest BCUT2D eigenvalue weighted by molar-refractivity contribution is 0.163. The number of methoxy groups -OCH3 is 2. The first-order chi connectivity index (χ1) is 13.2. The van der Waals surface area contributed by atoms with Crippen LogP contribution in [-0.4, -0.2) is 39.8 Å². The second-order valence-electron chi connectivity index (χ2n) is 7.49. The van der Waals surface area contributed by atoms with E-state index in [0.29, 0.717) is 12.1 Å². The molecule has 1 saturated heterocycles. The quantitative estimate of drug-likeness (QED) is 0.711. The Morgan fingerprint density at radius 2 is 2.07 bits per heavy atom. The summed E-state index contributed by atoms with van der Waals surface area (Å²) in [6.07, 6.45) is 5.44. The van der Waals surface area contributed by atoms with Crippen molar-refractivity contribution < 1.29 is 9.47 Å². The van der Waals surface area contributed by atoms with E-state index < -0.39 is 0 Å². The molecule has 0 saturated carbocycles. The van der Waals surface area contributed by atoms with E-state index in [9.17, 15) is 0 Å². The molecule has 1 aromatic carbocycles. The van der Waals surface area contributed by atoms with E-state index in [2.05, 4.69) is 37.8 Å². The van der Waals surface area contributed by atoms with Crippen molar-refractivity contribution in [3.8, 4) is 11.5 Å². The number of fused-ring (bicyclic) bond motifs is 6. The van der Waals surface area contributed by atoms with E-state index in [1.54, 1.807) is 14.2 Å². The molecule has 2 atom stereocenters. The molecule has 1 fully saturated rings. The van der Waals surface area contributed by atoms with Crippen LogP contribution in [0.1, 0.15) is 41.4 Å². The van der Waals surface area contributed by atoms with Crippen LogP contribution in [0.4, 0.5) is 0 Å². The first kappa shape index (κ1) is 16.6. The molecule has 2 aliphatic rings. The zero-order valence-electron chi connectivity index (χ0n) is 16.0. The number of aromatic nitrogens is 3. The molecule has 0 spiro atoms. The summed E-state index contributed by atoms with van der Waals surface area (Å²) in [5, 5.41) is 4.68. The standard InChI is InChI=1S/C21H24N4O2/c1-13-9-20-22-11-16-17-8-7-15(10-18(16)25(20)23-13)24(17)12-14-5-4-6-19(26-2)21(14)27-3/h4-6,9,11,15,17H,7-8,10,12H2,1-3H3/t15-,17+/m1/s1. The first-order valence-corrected chi connectivity index (χ1v) is 9.49. The average molecular weight is 364 g/mol. The highest BCUT2D eigenvalue weighted by Crippen LogP contribution is 2.45. The van der Waals surface area contributed by atoms with E-state index in [4.69, 9.17) is 9.47 Å². The maximum absolute atomic E-state index is 5.65. The number of benzene rings is 1. The average Bonchev–Trinajstić information content (AvgIpc) is 3.19. The van der Waals surface area contributed by atoms with Gasteiger partial charge in [-0.15, -0.1) is 0 Å². The lowest BCUT2D eigenvalue weighted by atomic mass is 9.98. The number of ether oxygens (including phenoxy) is 2. The number of hydrogen-bond donors (Lipinski definition) is 0. The third kappa shape index (κ3) is 2.51. The molecule has 2 aromatic heterocycles. The molecule has 4 heterocycles. The Balaban J connectivity index is 1.53. The van der Waals surface area contributed by atoms with Crippen molar-refractivity contribution in [2.75, 3.05) is 14.2 Å². The Labute approximate surface area is 158 Å². The van der Waals surface area contributed by atoms with Crippen LogP contribution in [0.25, 0.3) is 5.65 Å². The van der Waals surface area contributed by atoms with Crippen molar-refractivity contribution in [1.29, 1.82) is 0 Å². The topological polar surface area (TPSA) is 51.9 Å². The summed E-state index contributed by atoms with van der Waals surface area (Å²) in [4.78, 5) is 7.26. The van der Waals surface area contributed by atoms with Gasteiger partial charge < -0.3 is 9.47 Å². The molecule has 0 amide bonds. The minimum absolute atomic E-state index is 0.385. The fraction of sp³-hybridized carbons (Fsp3) is 0.429. The molecule has 2 aliphatic heterocycles. The number of nitrogens with zero attached hydrogens (tertiary/aromatic N) is 4. The maximum Gasteiger partial charge on any atom is 0.165 e. The van der Waals surface area contributed by atoms with Gasteiger partial charge in [0.05, 0.1) is 25.6 Å². The van der Waals surface area contributed by atoms with Crippen LogP contribution >= 0.6 is 0 Å². The van der Waals surface area contributed by atoms with Gasteiger partial charge in [-0.25, -0.2) is 9.50 Å². The minimum atomic E-state index is 0.385. The molecule has 5 rings (SSSR count). The summed E-state index contributed by atoms with van der Waals surface area (Å²) in [5.74, 6) is 1.62. The van der Waals surface area contributed by atoms with E-state index >= 15 is 0 Å². The van der Waals surface area contributed by atoms with Crippen molar-refractivity contribution in [3.05, 3.63) is 53.0 Å². The van der Waals surface area contributed by atoms with Crippen LogP contribution in [0, 0.1) is 6.92 Å². The Kier molecular flexibility index (Phi) is 3.82. The highest BCUT2D eigenvalue weighted by Gasteiger charge is 2.41. The van der Waals surface area contributed by atoms with Gasteiger partial charge in [0.15, 0.2) is 17.1 Å². The third-order valence-electron chi connectivity index (χ3n) is 6.01. The van der Waals surface area contributed by atoms with Gasteiger partial charge in [0.2, 0.25) is 0 Å². The number of aryl methyl sites for hydroxylation is 1. The summed E-state index contributed by atoms with van der Waals surface area (Å²) < 4.78 is 13.2. The van der Waals surface area contributed by atoms with E-state index in [1.807, 2.05) is 19.1 Å². The predicted molar refractivity (Wildman–Crippen MR) is 102 cm³/mol. The lowest BCUT2D eigenvalue weighted by Crippen LogP contribution is -2.38. The summed E-state index contributed by atoms with van der Waals surface area (Å²) in [7, 11) is 3.40. The smallest absolute Gasteiger partial charge is 0.165 e. The first-order valence-electron chi connectivity index (χ1n) is 9.49. The van der Waals surface area contributed by atoms with Crippen LogP contribution in [0.2, 0.25) is 0 Å². The van der Waals surface area contributed by atoms with E-state index in [1.165, 1.54) is 23.2 Å². The van der Waals surface area contributed by atoms with Crippen LogP contribution in [0.3, 0.4) is 0 Å². The van der Waals surface area contributed by atoms with Gasteiger partial charge in [-0.2, -0.15) is 5.10 Å². The normalized spacial score (nSPS) is 21.4. The Morgan fingerprint density at radius 1 is 1.19 bits per heavy atom. The molecule has 0 N–H and O–H groups in total. The zero-order chi connectivity index (χ0) is 18.5. The van der Waals surface area contributed by atoms with Crippen LogP contribution in [0.15, 0.2) is 30.5 Å². The van der Waals surface area contributed by atoms with Crippen molar-refractivity contribution in [1.82, 2.24) is 19.5 Å². The summed E-state index contributed by atoms with van der Waals surface area (Å²) in [5.41, 5.74) is 5.79. The second-order valence-corrected chi connectivity index (χ2v) is 7.49. The highest BCUT2D eigenvalue weighted by molar-refractivity contribution is 5.47. The fourth-order valence-electron chi connectivity index (χ4n) is 4.82. The second kappa shape index (κ2) is 6.23. The summed E-state index contributed by atoms with van der Waals surface area (Å²) in [6, 6.07) is 9.08. The maximum atomic E-state index is 5.65. The summed E-state index contributed by atoms with van der Waals surface area (Å²) >= 11 is 0. The molecule has 0 radical (unpaired) electrons. The fourth-order valence-corrected chi connectivity index (χ4v) is 4.82. The van der Waals surface area contributed by atoms with Crippen LogP contribution < -0.4 is 9.47 Å². The van der Waals surface area contributed by atoms with Crippen molar-refractivity contribution >= 4 is 5.65 Å². The monoisotopic (exact) mass is 364 g/mol. The van der Waals surface area contributed by atoms with Gasteiger partial charge in [0.1, 0.15) is 0 Å². The summed E-state index contributed by atoms with van der Waals surface area (Å²) in [6.45, 7) is 2.88. The van der Waals surface area contributed by atoms with Gasteiger partial charge in [0, 0.05) is 48.4 Å². The number of rotatable bonds is 4. The van der Waals surface area contributed by atoms with E-state index in [-0.39, 0.29) is 0 Å². The lowest BCUT2D eigenvalue weighted by Gasteiger charge is -2.36. The molecular weight excluding hydrogens is 340 g/mol. The minimum Gasteiger partial charge on any atom is -0.493 e. The molecule has 2 bridgehead atoms. The molecular formula is C21H24N4O2. The Bertz CT molecular complexity index is 1010. The van der Waals surface area contributed by atoms with E-state index in [0.717, 1.165) is 42.2 Å². The van der Waals surface area contributed by atoms with Gasteiger partial charge in [0.25, 0.3) is 0 Å². The molecule has 6 heteroatoms. The number of para-hydroxylation sites is 1. The molecule has 3 aromatic rings. The number of hydrogen-bond acceptors (Lipinski definition) is 5. The molecule has 6 nitrogen and oxygen atoms in total. The van der Waals surface area contributed by atoms with Crippen molar-refractivity contribution in [2.24, 2.45) is 0 Å². The van der Waals surface area contributed by atoms with Gasteiger partial charge >= 0.3 is 0 Å². The van der Waals surface area contributed by atoms with Gasteiger partial charge in [-0.1, -0.05) is 12.1 Å². The van der Waals surface area contributed by atoms with Crippen molar-refractivity contribution in [2.45, 2.75) is 44.8 Å². The van der Waals surface area contributed by atoms with Crippen LogP contribution in [0.5, 0.6) is 11.5 Å². The third-order valence-corrected chi connectivity index (χ3v) is 6.01. The highest BCUT2D eigenvalue weighted by atomic mass is 16.5. The molecule has 27 heavy (non-hydrogen) atoms. The van der Waals surface area contributed by atoms with Gasteiger partial charge in [-0.3, -0.25) is 4.90 Å². The molecule has 140 valence electrons. The van der Waals surface area contributed by atoms with Crippen molar-refractivity contribution in [3.63, 3.8) is 0 Å². The molecule has 0 aliphatic carbocycles. The Hall–Kier alpha value is -2.60. The largest absolute Gasteiger partial charge is 0.493 e.